The molecule has 2 fully saturated rings. The third-order valence-electron chi connectivity index (χ3n) is 3.57. The first-order chi connectivity index (χ1) is 8.24. The second-order valence-electron chi connectivity index (χ2n) is 5.10. The maximum absolute atomic E-state index is 11.9. The Morgan fingerprint density at radius 1 is 1.53 bits per heavy atom. The van der Waals surface area contributed by atoms with Gasteiger partial charge in [0.2, 0.25) is 0 Å². The van der Waals surface area contributed by atoms with E-state index in [-0.39, 0.29) is 11.9 Å². The lowest BCUT2D eigenvalue weighted by Gasteiger charge is -2.14. The molecule has 0 bridgehead atoms. The van der Waals surface area contributed by atoms with Gasteiger partial charge in [0.1, 0.15) is 5.76 Å². The fourth-order valence-corrected chi connectivity index (χ4v) is 2.20. The summed E-state index contributed by atoms with van der Waals surface area (Å²) in [5, 5.41) is 10.1. The molecule has 17 heavy (non-hydrogen) atoms. The zero-order valence-electron chi connectivity index (χ0n) is 9.90. The number of nitrogens with zero attached hydrogens (tertiary/aromatic N) is 1. The Morgan fingerprint density at radius 3 is 3.00 bits per heavy atom. The number of aromatic nitrogens is 1. The largest absolute Gasteiger partial charge is 0.360 e. The molecule has 1 aliphatic carbocycles. The van der Waals surface area contributed by atoms with E-state index < -0.39 is 0 Å². The molecule has 0 spiro atoms. The molecule has 1 saturated heterocycles. The van der Waals surface area contributed by atoms with Crippen LogP contribution >= 0.6 is 0 Å². The molecule has 1 amide bonds. The van der Waals surface area contributed by atoms with Gasteiger partial charge >= 0.3 is 0 Å². The number of carbonyl (C=O) groups is 1. The van der Waals surface area contributed by atoms with Crippen molar-refractivity contribution in [1.29, 1.82) is 0 Å². The van der Waals surface area contributed by atoms with Gasteiger partial charge in [-0.15, -0.1) is 0 Å². The number of nitrogens with one attached hydrogen (secondary N) is 2. The lowest BCUT2D eigenvalue weighted by Crippen LogP contribution is -2.39. The molecule has 1 saturated carbocycles. The predicted molar refractivity (Wildman–Crippen MR) is 61.8 cm³/mol. The summed E-state index contributed by atoms with van der Waals surface area (Å²) < 4.78 is 5.17. The summed E-state index contributed by atoms with van der Waals surface area (Å²) in [6.07, 6.45) is 2.31. The Morgan fingerprint density at radius 2 is 2.35 bits per heavy atom. The lowest BCUT2D eigenvalue weighted by atomic mass is 10.1. The molecule has 0 unspecified atom stereocenters. The van der Waals surface area contributed by atoms with Gasteiger partial charge in [0.25, 0.3) is 5.91 Å². The molecule has 92 valence electrons. The SMILES string of the molecule is C[C@H]1CNC[C@@H]1NC(=O)c1cc(C2CC2)on1. The topological polar surface area (TPSA) is 67.2 Å². The van der Waals surface area contributed by atoms with Crippen molar-refractivity contribution in [2.75, 3.05) is 13.1 Å². The molecule has 3 rings (SSSR count). The van der Waals surface area contributed by atoms with E-state index in [9.17, 15) is 4.79 Å². The monoisotopic (exact) mass is 235 g/mol. The highest BCUT2D eigenvalue weighted by molar-refractivity contribution is 5.92. The number of hydrogen-bond acceptors (Lipinski definition) is 4. The van der Waals surface area contributed by atoms with Gasteiger partial charge in [-0.25, -0.2) is 0 Å². The first-order valence-corrected chi connectivity index (χ1v) is 6.22. The van der Waals surface area contributed by atoms with Crippen LogP contribution in [0.1, 0.15) is 41.9 Å². The third kappa shape index (κ3) is 2.20. The predicted octanol–water partition coefficient (Wildman–Crippen LogP) is 0.890. The molecule has 0 radical (unpaired) electrons. The first-order valence-electron chi connectivity index (χ1n) is 6.22. The minimum Gasteiger partial charge on any atom is -0.360 e. The smallest absolute Gasteiger partial charge is 0.273 e. The van der Waals surface area contributed by atoms with Crippen molar-refractivity contribution in [1.82, 2.24) is 15.8 Å². The number of hydrogen-bond donors (Lipinski definition) is 2. The summed E-state index contributed by atoms with van der Waals surface area (Å²) in [7, 11) is 0. The number of amides is 1. The van der Waals surface area contributed by atoms with Gasteiger partial charge in [-0.1, -0.05) is 12.1 Å². The van der Waals surface area contributed by atoms with Crippen LogP contribution in [0.2, 0.25) is 0 Å². The highest BCUT2D eigenvalue weighted by Crippen LogP contribution is 2.40. The van der Waals surface area contributed by atoms with E-state index in [4.69, 9.17) is 4.52 Å². The van der Waals surface area contributed by atoms with E-state index in [1.54, 1.807) is 6.07 Å². The fraction of sp³-hybridized carbons (Fsp3) is 0.667. The third-order valence-corrected chi connectivity index (χ3v) is 3.57. The maximum atomic E-state index is 11.9. The van der Waals surface area contributed by atoms with Crippen molar-refractivity contribution < 1.29 is 9.32 Å². The van der Waals surface area contributed by atoms with Gasteiger partial charge in [-0.2, -0.15) is 0 Å². The number of rotatable bonds is 3. The van der Waals surface area contributed by atoms with Crippen LogP contribution in [0.15, 0.2) is 10.6 Å². The quantitative estimate of drug-likeness (QED) is 0.816. The van der Waals surface area contributed by atoms with Crippen molar-refractivity contribution in [3.05, 3.63) is 17.5 Å². The first kappa shape index (κ1) is 10.8. The van der Waals surface area contributed by atoms with Crippen LogP contribution in [-0.2, 0) is 0 Å². The van der Waals surface area contributed by atoms with Crippen LogP contribution in [0.3, 0.4) is 0 Å². The Kier molecular flexibility index (Phi) is 2.63. The van der Waals surface area contributed by atoms with E-state index in [0.29, 0.717) is 17.5 Å². The molecular formula is C12H17N3O2. The van der Waals surface area contributed by atoms with Crippen LogP contribution in [0.4, 0.5) is 0 Å². The van der Waals surface area contributed by atoms with Crippen LogP contribution in [0.25, 0.3) is 0 Å². The van der Waals surface area contributed by atoms with E-state index in [0.717, 1.165) is 31.7 Å². The molecule has 1 aliphatic heterocycles. The Labute approximate surface area is 99.9 Å². The van der Waals surface area contributed by atoms with Gasteiger partial charge < -0.3 is 15.2 Å². The Balaban J connectivity index is 1.64. The van der Waals surface area contributed by atoms with Crippen LogP contribution < -0.4 is 10.6 Å². The average molecular weight is 235 g/mol. The average Bonchev–Trinajstić information content (AvgIpc) is 2.91. The lowest BCUT2D eigenvalue weighted by molar-refractivity contribution is 0.0923. The second-order valence-corrected chi connectivity index (χ2v) is 5.10. The molecule has 1 aromatic rings. The highest BCUT2D eigenvalue weighted by Gasteiger charge is 2.30. The molecule has 1 aromatic heterocycles. The van der Waals surface area contributed by atoms with E-state index >= 15 is 0 Å². The van der Waals surface area contributed by atoms with Gasteiger partial charge in [0, 0.05) is 24.6 Å². The van der Waals surface area contributed by atoms with Crippen molar-refractivity contribution in [2.24, 2.45) is 5.92 Å². The van der Waals surface area contributed by atoms with Gasteiger partial charge in [-0.05, 0) is 25.3 Å². The van der Waals surface area contributed by atoms with Crippen molar-refractivity contribution in [3.8, 4) is 0 Å². The Bertz CT molecular complexity index is 425. The summed E-state index contributed by atoms with van der Waals surface area (Å²) >= 11 is 0. The summed E-state index contributed by atoms with van der Waals surface area (Å²) in [5.74, 6) is 1.69. The summed E-state index contributed by atoms with van der Waals surface area (Å²) in [6, 6.07) is 1.98. The van der Waals surface area contributed by atoms with E-state index in [1.165, 1.54) is 0 Å². The molecule has 2 atom stereocenters. The summed E-state index contributed by atoms with van der Waals surface area (Å²) in [6.45, 7) is 3.92. The molecule has 5 nitrogen and oxygen atoms in total. The normalized spacial score (nSPS) is 28.3. The summed E-state index contributed by atoms with van der Waals surface area (Å²) in [4.78, 5) is 11.9. The molecule has 2 heterocycles. The van der Waals surface area contributed by atoms with Crippen LogP contribution in [0, 0.1) is 5.92 Å². The van der Waals surface area contributed by atoms with Gasteiger partial charge in [0.05, 0.1) is 0 Å². The van der Waals surface area contributed by atoms with Gasteiger partial charge in [0.15, 0.2) is 5.69 Å². The second kappa shape index (κ2) is 4.14. The fourth-order valence-electron chi connectivity index (χ4n) is 2.20. The molecule has 0 aromatic carbocycles. The van der Waals surface area contributed by atoms with Crippen LogP contribution in [0.5, 0.6) is 0 Å². The van der Waals surface area contributed by atoms with Crippen molar-refractivity contribution >= 4 is 5.91 Å². The van der Waals surface area contributed by atoms with Crippen molar-refractivity contribution in [2.45, 2.75) is 31.7 Å². The van der Waals surface area contributed by atoms with E-state index in [1.807, 2.05) is 0 Å². The minimum atomic E-state index is -0.124. The zero-order chi connectivity index (χ0) is 11.8. The number of carbonyl (C=O) groups excluding carboxylic acids is 1. The maximum Gasteiger partial charge on any atom is 0.273 e. The standard InChI is InChI=1S/C12H17N3O2/c1-7-5-13-6-10(7)14-12(16)9-4-11(17-15-9)8-2-3-8/h4,7-8,10,13H,2-3,5-6H2,1H3,(H,14,16)/t7-,10-/m0/s1. The van der Waals surface area contributed by atoms with Crippen LogP contribution in [-0.4, -0.2) is 30.2 Å². The molecular weight excluding hydrogens is 218 g/mol. The highest BCUT2D eigenvalue weighted by atomic mass is 16.5. The minimum absolute atomic E-state index is 0.124. The van der Waals surface area contributed by atoms with Crippen molar-refractivity contribution in [3.63, 3.8) is 0 Å². The summed E-state index contributed by atoms with van der Waals surface area (Å²) in [5.41, 5.74) is 0.408. The van der Waals surface area contributed by atoms with Gasteiger partial charge in [-0.3, -0.25) is 4.79 Å². The molecule has 2 N–H and O–H groups in total. The molecule has 5 heteroatoms. The Hall–Kier alpha value is -1.36. The zero-order valence-corrected chi connectivity index (χ0v) is 9.90. The molecule has 2 aliphatic rings. The van der Waals surface area contributed by atoms with E-state index in [2.05, 4.69) is 22.7 Å².